The average Bonchev–Trinajstić information content (AvgIpc) is 2.45. The topological polar surface area (TPSA) is 32.3 Å². The van der Waals surface area contributed by atoms with E-state index >= 15 is 0 Å². The molecule has 20 heavy (non-hydrogen) atoms. The molecule has 1 aliphatic rings. The van der Waals surface area contributed by atoms with Crippen LogP contribution in [-0.2, 0) is 11.3 Å². The highest BCUT2D eigenvalue weighted by molar-refractivity contribution is 5.81. The summed E-state index contributed by atoms with van der Waals surface area (Å²) in [5.74, 6) is -1.72. The monoisotopic (exact) mass is 286 g/mol. The zero-order valence-corrected chi connectivity index (χ0v) is 11.0. The molecular formula is C14H17F3N2O. The van der Waals surface area contributed by atoms with Crippen molar-refractivity contribution in [3.8, 4) is 0 Å². The number of likely N-dealkylation sites (tertiary alicyclic amines) is 1. The van der Waals surface area contributed by atoms with Crippen LogP contribution in [0.1, 0.15) is 18.4 Å². The van der Waals surface area contributed by atoms with Gasteiger partial charge in [0.15, 0.2) is 0 Å². The second kappa shape index (κ2) is 6.26. The number of amides is 1. The molecule has 0 aliphatic carbocycles. The van der Waals surface area contributed by atoms with Gasteiger partial charge in [0, 0.05) is 25.7 Å². The molecule has 1 aromatic rings. The van der Waals surface area contributed by atoms with Crippen molar-refractivity contribution in [3.63, 3.8) is 0 Å². The van der Waals surface area contributed by atoms with Gasteiger partial charge < -0.3 is 10.2 Å². The number of piperidine rings is 1. The van der Waals surface area contributed by atoms with Crippen molar-refractivity contribution in [1.82, 2.24) is 10.2 Å². The van der Waals surface area contributed by atoms with Gasteiger partial charge in [0.05, 0.1) is 0 Å². The Morgan fingerprint density at radius 1 is 1.20 bits per heavy atom. The SMILES string of the molecule is O=C(N1CCC(NCc2ccccc2)CC1)C(F)(F)F. The van der Waals surface area contributed by atoms with Crippen molar-refractivity contribution in [2.24, 2.45) is 0 Å². The van der Waals surface area contributed by atoms with E-state index in [1.54, 1.807) is 0 Å². The van der Waals surface area contributed by atoms with Gasteiger partial charge in [-0.3, -0.25) is 4.79 Å². The van der Waals surface area contributed by atoms with E-state index in [9.17, 15) is 18.0 Å². The van der Waals surface area contributed by atoms with Crippen LogP contribution >= 0.6 is 0 Å². The number of carbonyl (C=O) groups excluding carboxylic acids is 1. The molecule has 0 atom stereocenters. The summed E-state index contributed by atoms with van der Waals surface area (Å²) >= 11 is 0. The van der Waals surface area contributed by atoms with E-state index in [1.165, 1.54) is 0 Å². The molecule has 3 nitrogen and oxygen atoms in total. The van der Waals surface area contributed by atoms with Crippen LogP contribution in [-0.4, -0.2) is 36.1 Å². The summed E-state index contributed by atoms with van der Waals surface area (Å²) in [7, 11) is 0. The van der Waals surface area contributed by atoms with E-state index in [-0.39, 0.29) is 19.1 Å². The highest BCUT2D eigenvalue weighted by Crippen LogP contribution is 2.21. The fraction of sp³-hybridized carbons (Fsp3) is 0.500. The first-order valence-corrected chi connectivity index (χ1v) is 6.60. The Bertz CT molecular complexity index is 439. The van der Waals surface area contributed by atoms with Crippen molar-refractivity contribution in [2.45, 2.75) is 31.6 Å². The maximum Gasteiger partial charge on any atom is 0.471 e. The molecule has 1 N–H and O–H groups in total. The van der Waals surface area contributed by atoms with Gasteiger partial charge >= 0.3 is 12.1 Å². The van der Waals surface area contributed by atoms with Crippen LogP contribution in [0.2, 0.25) is 0 Å². The Kier molecular flexibility index (Phi) is 4.65. The first kappa shape index (κ1) is 14.8. The number of alkyl halides is 3. The van der Waals surface area contributed by atoms with Crippen molar-refractivity contribution < 1.29 is 18.0 Å². The number of benzene rings is 1. The molecule has 0 unspecified atom stereocenters. The number of halogens is 3. The number of hydrogen-bond acceptors (Lipinski definition) is 2. The van der Waals surface area contributed by atoms with Gasteiger partial charge in [-0.25, -0.2) is 0 Å². The minimum absolute atomic E-state index is 0.158. The molecule has 6 heteroatoms. The van der Waals surface area contributed by atoms with E-state index in [4.69, 9.17) is 0 Å². The van der Waals surface area contributed by atoms with Crippen LogP contribution in [0.15, 0.2) is 30.3 Å². The highest BCUT2D eigenvalue weighted by Gasteiger charge is 2.43. The minimum Gasteiger partial charge on any atom is -0.335 e. The first-order valence-electron chi connectivity index (χ1n) is 6.60. The number of hydrogen-bond donors (Lipinski definition) is 1. The van der Waals surface area contributed by atoms with Gasteiger partial charge in [-0.2, -0.15) is 13.2 Å². The Hall–Kier alpha value is -1.56. The van der Waals surface area contributed by atoms with Crippen LogP contribution in [0, 0.1) is 0 Å². The lowest BCUT2D eigenvalue weighted by molar-refractivity contribution is -0.186. The second-order valence-corrected chi connectivity index (χ2v) is 4.93. The third-order valence-electron chi connectivity index (χ3n) is 3.46. The highest BCUT2D eigenvalue weighted by atomic mass is 19.4. The lowest BCUT2D eigenvalue weighted by Crippen LogP contribution is -2.48. The zero-order valence-electron chi connectivity index (χ0n) is 11.0. The summed E-state index contributed by atoms with van der Waals surface area (Å²) < 4.78 is 36.9. The molecule has 0 bridgehead atoms. The summed E-state index contributed by atoms with van der Waals surface area (Å²) in [6, 6.07) is 9.98. The van der Waals surface area contributed by atoms with Gasteiger partial charge in [-0.1, -0.05) is 30.3 Å². The third-order valence-corrected chi connectivity index (χ3v) is 3.46. The lowest BCUT2D eigenvalue weighted by Gasteiger charge is -2.32. The molecule has 1 aromatic carbocycles. The molecule has 2 rings (SSSR count). The van der Waals surface area contributed by atoms with E-state index in [1.807, 2.05) is 30.3 Å². The fourth-order valence-corrected chi connectivity index (χ4v) is 2.32. The summed E-state index contributed by atoms with van der Waals surface area (Å²) in [5.41, 5.74) is 1.14. The van der Waals surface area contributed by atoms with Gasteiger partial charge in [0.1, 0.15) is 0 Å². The Balaban J connectivity index is 1.76. The fourth-order valence-electron chi connectivity index (χ4n) is 2.32. The molecule has 0 saturated carbocycles. The summed E-state index contributed by atoms with van der Waals surface area (Å²) in [4.78, 5) is 12.0. The van der Waals surface area contributed by atoms with Crippen molar-refractivity contribution >= 4 is 5.91 Å². The predicted octanol–water partition coefficient (Wildman–Crippen LogP) is 2.33. The predicted molar refractivity (Wildman–Crippen MR) is 68.9 cm³/mol. The van der Waals surface area contributed by atoms with Crippen LogP contribution < -0.4 is 5.32 Å². The Labute approximate surface area is 115 Å². The number of nitrogens with zero attached hydrogens (tertiary/aromatic N) is 1. The van der Waals surface area contributed by atoms with Gasteiger partial charge in [-0.15, -0.1) is 0 Å². The molecule has 1 saturated heterocycles. The van der Waals surface area contributed by atoms with E-state index in [0.717, 1.165) is 10.5 Å². The third kappa shape index (κ3) is 3.96. The van der Waals surface area contributed by atoms with Crippen LogP contribution in [0.25, 0.3) is 0 Å². The summed E-state index contributed by atoms with van der Waals surface area (Å²) in [5, 5.41) is 3.32. The van der Waals surface area contributed by atoms with E-state index in [2.05, 4.69) is 5.32 Å². The molecule has 1 fully saturated rings. The minimum atomic E-state index is -4.76. The van der Waals surface area contributed by atoms with Gasteiger partial charge in [0.25, 0.3) is 0 Å². The van der Waals surface area contributed by atoms with E-state index < -0.39 is 12.1 Å². The zero-order chi connectivity index (χ0) is 14.6. The van der Waals surface area contributed by atoms with Crippen molar-refractivity contribution in [3.05, 3.63) is 35.9 Å². The first-order chi connectivity index (χ1) is 9.47. The maximum atomic E-state index is 12.3. The number of nitrogens with one attached hydrogen (secondary N) is 1. The summed E-state index contributed by atoms with van der Waals surface area (Å²) in [6.45, 7) is 1.01. The van der Waals surface area contributed by atoms with Crippen LogP contribution in [0.5, 0.6) is 0 Å². The van der Waals surface area contributed by atoms with Crippen LogP contribution in [0.4, 0.5) is 13.2 Å². The number of rotatable bonds is 3. The van der Waals surface area contributed by atoms with Gasteiger partial charge in [0.2, 0.25) is 0 Å². The molecule has 1 amide bonds. The molecule has 0 spiro atoms. The largest absolute Gasteiger partial charge is 0.471 e. The molecule has 0 aromatic heterocycles. The smallest absolute Gasteiger partial charge is 0.335 e. The average molecular weight is 286 g/mol. The van der Waals surface area contributed by atoms with Crippen molar-refractivity contribution in [1.29, 1.82) is 0 Å². The quantitative estimate of drug-likeness (QED) is 0.925. The van der Waals surface area contributed by atoms with Crippen LogP contribution in [0.3, 0.4) is 0 Å². The maximum absolute atomic E-state index is 12.3. The molecule has 110 valence electrons. The molecule has 0 radical (unpaired) electrons. The Morgan fingerprint density at radius 3 is 2.35 bits per heavy atom. The normalized spacial score (nSPS) is 17.2. The standard InChI is InChI=1S/C14H17F3N2O/c15-14(16,17)13(20)19-8-6-12(7-9-19)18-10-11-4-2-1-3-5-11/h1-5,12,18H,6-10H2. The van der Waals surface area contributed by atoms with E-state index in [0.29, 0.717) is 19.4 Å². The second-order valence-electron chi connectivity index (χ2n) is 4.93. The molecular weight excluding hydrogens is 269 g/mol. The van der Waals surface area contributed by atoms with Gasteiger partial charge in [-0.05, 0) is 18.4 Å². The summed E-state index contributed by atoms with van der Waals surface area (Å²) in [6.07, 6.45) is -3.66. The number of carbonyl (C=O) groups is 1. The molecule has 1 heterocycles. The van der Waals surface area contributed by atoms with Crippen molar-refractivity contribution in [2.75, 3.05) is 13.1 Å². The lowest BCUT2D eigenvalue weighted by atomic mass is 10.0. The molecule has 1 aliphatic heterocycles. The Morgan fingerprint density at radius 2 is 1.80 bits per heavy atom.